The first kappa shape index (κ1) is 19.0. The second-order valence-corrected chi connectivity index (χ2v) is 7.53. The van der Waals surface area contributed by atoms with Gasteiger partial charge in [0.15, 0.2) is 0 Å². The average molecular weight is 380 g/mol. The first-order valence-corrected chi connectivity index (χ1v) is 10.3. The number of furan rings is 1. The van der Waals surface area contributed by atoms with Crippen molar-refractivity contribution in [1.82, 2.24) is 10.2 Å². The van der Waals surface area contributed by atoms with Gasteiger partial charge in [0.25, 0.3) is 0 Å². The average Bonchev–Trinajstić information content (AvgIpc) is 3.25. The highest BCUT2D eigenvalue weighted by Gasteiger charge is 2.24. The Morgan fingerprint density at radius 3 is 2.75 bits per heavy atom. The number of rotatable bonds is 7. The molecule has 0 radical (unpaired) electrons. The highest BCUT2D eigenvalue weighted by molar-refractivity contribution is 5.80. The topological polar surface area (TPSA) is 58.6 Å². The molecule has 0 amide bonds. The van der Waals surface area contributed by atoms with Crippen LogP contribution in [0.1, 0.15) is 49.1 Å². The van der Waals surface area contributed by atoms with Crippen molar-refractivity contribution in [2.45, 2.75) is 45.2 Å². The molecule has 5 heteroatoms. The lowest BCUT2D eigenvalue weighted by molar-refractivity contribution is 0.142. The maximum absolute atomic E-state index is 12.0. The number of benzene rings is 1. The third-order valence-electron chi connectivity index (χ3n) is 5.66. The largest absolute Gasteiger partial charge is 0.468 e. The molecule has 1 aromatic carbocycles. The molecule has 0 saturated carbocycles. The van der Waals surface area contributed by atoms with Gasteiger partial charge >= 0.3 is 5.63 Å². The Morgan fingerprint density at radius 2 is 2.00 bits per heavy atom. The summed E-state index contributed by atoms with van der Waals surface area (Å²) >= 11 is 0. The molecule has 4 rings (SSSR count). The van der Waals surface area contributed by atoms with Gasteiger partial charge in [0.1, 0.15) is 11.3 Å². The monoisotopic (exact) mass is 380 g/mol. The third kappa shape index (κ3) is 4.21. The van der Waals surface area contributed by atoms with Crippen LogP contribution in [0, 0.1) is 0 Å². The minimum atomic E-state index is -0.295. The van der Waals surface area contributed by atoms with E-state index in [-0.39, 0.29) is 11.7 Å². The summed E-state index contributed by atoms with van der Waals surface area (Å²) < 4.78 is 11.1. The van der Waals surface area contributed by atoms with Gasteiger partial charge in [-0.2, -0.15) is 0 Å². The van der Waals surface area contributed by atoms with Crippen LogP contribution in [0.2, 0.25) is 0 Å². The van der Waals surface area contributed by atoms with Gasteiger partial charge in [-0.05, 0) is 61.7 Å². The van der Waals surface area contributed by atoms with Crippen molar-refractivity contribution in [2.75, 3.05) is 19.6 Å². The van der Waals surface area contributed by atoms with Crippen LogP contribution in [0.4, 0.5) is 0 Å². The van der Waals surface area contributed by atoms with Gasteiger partial charge in [-0.15, -0.1) is 0 Å². The van der Waals surface area contributed by atoms with Gasteiger partial charge in [-0.25, -0.2) is 4.79 Å². The van der Waals surface area contributed by atoms with E-state index in [1.54, 1.807) is 12.3 Å². The molecule has 1 aliphatic rings. The molecule has 1 fully saturated rings. The van der Waals surface area contributed by atoms with Crippen LogP contribution in [0.5, 0.6) is 0 Å². The summed E-state index contributed by atoms with van der Waals surface area (Å²) in [5.74, 6) is 0.999. The number of nitrogens with zero attached hydrogens (tertiary/aromatic N) is 1. The van der Waals surface area contributed by atoms with E-state index in [9.17, 15) is 4.79 Å². The number of piperidine rings is 1. The van der Waals surface area contributed by atoms with Crippen molar-refractivity contribution in [3.63, 3.8) is 0 Å². The molecule has 1 atom stereocenters. The van der Waals surface area contributed by atoms with Crippen molar-refractivity contribution in [2.24, 2.45) is 0 Å². The van der Waals surface area contributed by atoms with Gasteiger partial charge in [0.05, 0.1) is 12.3 Å². The van der Waals surface area contributed by atoms with Crippen LogP contribution in [0.15, 0.2) is 56.3 Å². The predicted molar refractivity (Wildman–Crippen MR) is 110 cm³/mol. The second-order valence-electron chi connectivity index (χ2n) is 7.53. The SMILES string of the molecule is CCc1ccc2c(CNC[C@@H](c3ccco3)N3CCCCC3)cc(=O)oc2c1. The predicted octanol–water partition coefficient (Wildman–Crippen LogP) is 4.27. The smallest absolute Gasteiger partial charge is 0.336 e. The Morgan fingerprint density at radius 1 is 1.14 bits per heavy atom. The molecule has 0 aliphatic carbocycles. The number of likely N-dealkylation sites (tertiary alicyclic amines) is 1. The number of hydrogen-bond acceptors (Lipinski definition) is 5. The molecule has 1 aliphatic heterocycles. The van der Waals surface area contributed by atoms with Gasteiger partial charge < -0.3 is 14.2 Å². The Kier molecular flexibility index (Phi) is 5.93. The molecule has 3 aromatic rings. The van der Waals surface area contributed by atoms with E-state index in [1.165, 1.54) is 24.8 Å². The second kappa shape index (κ2) is 8.76. The van der Waals surface area contributed by atoms with Crippen molar-refractivity contribution < 1.29 is 8.83 Å². The molecule has 0 bridgehead atoms. The Hall–Kier alpha value is -2.37. The zero-order chi connectivity index (χ0) is 19.3. The molecule has 0 unspecified atom stereocenters. The first-order valence-electron chi connectivity index (χ1n) is 10.3. The van der Waals surface area contributed by atoms with Crippen molar-refractivity contribution in [3.8, 4) is 0 Å². The molecule has 0 spiro atoms. The van der Waals surface area contributed by atoms with Crippen LogP contribution < -0.4 is 10.9 Å². The van der Waals surface area contributed by atoms with Crippen LogP contribution in [0.3, 0.4) is 0 Å². The van der Waals surface area contributed by atoms with Crippen LogP contribution in [0.25, 0.3) is 11.0 Å². The molecule has 1 saturated heterocycles. The summed E-state index contributed by atoms with van der Waals surface area (Å²) in [5, 5.41) is 4.55. The maximum atomic E-state index is 12.0. The Balaban J connectivity index is 1.50. The number of aryl methyl sites for hydroxylation is 1. The Labute approximate surface area is 165 Å². The number of fused-ring (bicyclic) bond motifs is 1. The van der Waals surface area contributed by atoms with Crippen molar-refractivity contribution >= 4 is 11.0 Å². The fraction of sp³-hybridized carbons (Fsp3) is 0.435. The molecule has 2 aromatic heterocycles. The Bertz CT molecular complexity index is 956. The highest BCUT2D eigenvalue weighted by Crippen LogP contribution is 2.25. The summed E-state index contributed by atoms with van der Waals surface area (Å²) in [6.07, 6.45) is 6.44. The van der Waals surface area contributed by atoms with Crippen molar-refractivity contribution in [3.05, 3.63) is 70.0 Å². The normalized spacial score (nSPS) is 16.5. The lowest BCUT2D eigenvalue weighted by Gasteiger charge is -2.33. The number of hydrogen-bond donors (Lipinski definition) is 1. The zero-order valence-electron chi connectivity index (χ0n) is 16.4. The van der Waals surface area contributed by atoms with Crippen LogP contribution in [-0.4, -0.2) is 24.5 Å². The van der Waals surface area contributed by atoms with Gasteiger partial charge in [0.2, 0.25) is 0 Å². The molecule has 28 heavy (non-hydrogen) atoms. The van der Waals surface area contributed by atoms with Crippen molar-refractivity contribution in [1.29, 1.82) is 0 Å². The summed E-state index contributed by atoms with van der Waals surface area (Å²) in [4.78, 5) is 14.5. The molecular weight excluding hydrogens is 352 g/mol. The van der Waals surface area contributed by atoms with Gasteiger partial charge in [-0.3, -0.25) is 4.90 Å². The summed E-state index contributed by atoms with van der Waals surface area (Å²) in [5.41, 5.74) is 2.52. The van der Waals surface area contributed by atoms with E-state index in [0.29, 0.717) is 12.1 Å². The van der Waals surface area contributed by atoms with E-state index >= 15 is 0 Å². The van der Waals surface area contributed by atoms with E-state index in [4.69, 9.17) is 8.83 Å². The van der Waals surface area contributed by atoms with E-state index in [2.05, 4.69) is 35.3 Å². The van der Waals surface area contributed by atoms with Crippen LogP contribution >= 0.6 is 0 Å². The molecule has 3 heterocycles. The van der Waals surface area contributed by atoms with Gasteiger partial charge in [-0.1, -0.05) is 25.5 Å². The fourth-order valence-electron chi connectivity index (χ4n) is 4.10. The first-order chi connectivity index (χ1) is 13.7. The summed E-state index contributed by atoms with van der Waals surface area (Å²) in [6.45, 7) is 5.70. The van der Waals surface area contributed by atoms with E-state index < -0.39 is 0 Å². The fourth-order valence-corrected chi connectivity index (χ4v) is 4.10. The maximum Gasteiger partial charge on any atom is 0.336 e. The van der Waals surface area contributed by atoms with Gasteiger partial charge in [0, 0.05) is 24.5 Å². The standard InChI is InChI=1S/C23H28N2O3/c1-2-17-8-9-19-18(14-23(26)28-22(19)13-17)15-24-16-20(21-7-6-12-27-21)25-10-4-3-5-11-25/h6-9,12-14,20,24H,2-5,10-11,15-16H2,1H3/t20-/m0/s1. The molecular formula is C23H28N2O3. The summed E-state index contributed by atoms with van der Waals surface area (Å²) in [7, 11) is 0. The molecule has 148 valence electrons. The third-order valence-corrected chi connectivity index (χ3v) is 5.66. The highest BCUT2D eigenvalue weighted by atomic mass is 16.4. The summed E-state index contributed by atoms with van der Waals surface area (Å²) in [6, 6.07) is 12.0. The lowest BCUT2D eigenvalue weighted by Crippen LogP contribution is -2.38. The quantitative estimate of drug-likeness (QED) is 0.621. The van der Waals surface area contributed by atoms with E-state index in [1.807, 2.05) is 12.1 Å². The lowest BCUT2D eigenvalue weighted by atomic mass is 10.1. The minimum Gasteiger partial charge on any atom is -0.468 e. The minimum absolute atomic E-state index is 0.216. The van der Waals surface area contributed by atoms with E-state index in [0.717, 1.165) is 42.8 Å². The zero-order valence-corrected chi connectivity index (χ0v) is 16.4. The number of nitrogens with one attached hydrogen (secondary N) is 1. The molecule has 5 nitrogen and oxygen atoms in total. The molecule has 1 N–H and O–H groups in total. The van der Waals surface area contributed by atoms with Crippen LogP contribution in [-0.2, 0) is 13.0 Å².